The van der Waals surface area contributed by atoms with Crippen molar-refractivity contribution in [2.45, 2.75) is 37.6 Å². The minimum Gasteiger partial charge on any atom is -0.212 e. The van der Waals surface area contributed by atoms with Crippen molar-refractivity contribution in [1.29, 1.82) is 0 Å². The van der Waals surface area contributed by atoms with E-state index in [-0.39, 0.29) is 11.0 Å². The molecule has 3 aromatic carbocycles. The van der Waals surface area contributed by atoms with Gasteiger partial charge in [-0.25, -0.2) is 4.57 Å². The molecule has 0 fully saturated rings. The summed E-state index contributed by atoms with van der Waals surface area (Å²) in [6, 6.07) is 28.7. The van der Waals surface area contributed by atoms with Gasteiger partial charge in [-0.3, -0.25) is 0 Å². The smallest absolute Gasteiger partial charge is 0.212 e. The fraction of sp³-hybridized carbons (Fsp3) is 0.222. The van der Waals surface area contributed by atoms with Gasteiger partial charge in [-0.2, -0.15) is 4.57 Å². The molecule has 1 aliphatic carbocycles. The molecule has 0 saturated heterocycles. The lowest BCUT2D eigenvalue weighted by Gasteiger charge is -2.54. The number of fused-ring (bicyclic) bond motifs is 8. The highest BCUT2D eigenvalue weighted by Crippen LogP contribution is 2.57. The van der Waals surface area contributed by atoms with Crippen molar-refractivity contribution < 1.29 is 4.57 Å². The second kappa shape index (κ2) is 5.70. The van der Waals surface area contributed by atoms with Crippen LogP contribution < -0.4 is 4.57 Å². The van der Waals surface area contributed by atoms with Crippen molar-refractivity contribution in [3.05, 3.63) is 96.6 Å². The van der Waals surface area contributed by atoms with Crippen LogP contribution in [0.2, 0.25) is 0 Å². The number of allylic oxidation sites excluding steroid dienone is 2. The molecule has 29 heavy (non-hydrogen) atoms. The van der Waals surface area contributed by atoms with Gasteiger partial charge in [0.15, 0.2) is 11.0 Å². The van der Waals surface area contributed by atoms with Gasteiger partial charge in [-0.15, -0.1) is 0 Å². The van der Waals surface area contributed by atoms with E-state index in [1.807, 2.05) is 0 Å². The zero-order chi connectivity index (χ0) is 19.6. The highest BCUT2D eigenvalue weighted by atomic mass is 15.2. The summed E-state index contributed by atoms with van der Waals surface area (Å²) < 4.78 is 5.10. The normalized spacial score (nSPS) is 23.9. The Bertz CT molecular complexity index is 1280. The first-order valence-corrected chi connectivity index (χ1v) is 10.7. The van der Waals surface area contributed by atoms with Gasteiger partial charge in [0.1, 0.15) is 11.2 Å². The van der Waals surface area contributed by atoms with Crippen molar-refractivity contribution in [3.8, 4) is 17.1 Å². The summed E-state index contributed by atoms with van der Waals surface area (Å²) >= 11 is 0. The zero-order valence-corrected chi connectivity index (χ0v) is 17.0. The summed E-state index contributed by atoms with van der Waals surface area (Å²) in [6.07, 6.45) is 7.09. The lowest BCUT2D eigenvalue weighted by Crippen LogP contribution is -2.72. The number of imidazole rings is 1. The van der Waals surface area contributed by atoms with E-state index >= 15 is 0 Å². The Morgan fingerprint density at radius 2 is 1.48 bits per heavy atom. The monoisotopic (exact) mass is 377 g/mol. The molecule has 1 aromatic heterocycles. The second-order valence-electron chi connectivity index (χ2n) is 8.30. The third-order valence-electron chi connectivity index (χ3n) is 7.36. The first-order chi connectivity index (χ1) is 14.3. The molecule has 2 heterocycles. The molecule has 142 valence electrons. The van der Waals surface area contributed by atoms with Crippen LogP contribution in [0, 0.1) is 0 Å². The lowest BCUT2D eigenvalue weighted by molar-refractivity contribution is -0.736. The Morgan fingerprint density at radius 1 is 0.759 bits per heavy atom. The molecule has 0 spiro atoms. The summed E-state index contributed by atoms with van der Waals surface area (Å²) in [4.78, 5) is 0. The Morgan fingerprint density at radius 3 is 2.21 bits per heavy atom. The molecular formula is C27H25N2+. The van der Waals surface area contributed by atoms with Crippen molar-refractivity contribution in [2.24, 2.45) is 0 Å². The zero-order valence-electron chi connectivity index (χ0n) is 17.0. The molecule has 1 aliphatic heterocycles. The SMILES string of the molecule is CCC12C=CC1(CC)[n+]1c(n(-c3ccccc3)c3ccccc31)-c1ccccc12. The first-order valence-electron chi connectivity index (χ1n) is 10.7. The molecule has 0 saturated carbocycles. The van der Waals surface area contributed by atoms with Crippen LogP contribution in [0.4, 0.5) is 0 Å². The Labute approximate surface area is 171 Å². The molecule has 0 radical (unpaired) electrons. The molecule has 2 heteroatoms. The predicted molar refractivity (Wildman–Crippen MR) is 118 cm³/mol. The third-order valence-corrected chi connectivity index (χ3v) is 7.36. The fourth-order valence-electron chi connectivity index (χ4n) is 6.00. The van der Waals surface area contributed by atoms with Gasteiger partial charge >= 0.3 is 0 Å². The minimum atomic E-state index is -0.0227. The molecule has 2 unspecified atom stereocenters. The predicted octanol–water partition coefficient (Wildman–Crippen LogP) is 5.92. The molecule has 2 aliphatic rings. The van der Waals surface area contributed by atoms with Crippen LogP contribution in [0.25, 0.3) is 28.1 Å². The van der Waals surface area contributed by atoms with Crippen molar-refractivity contribution in [3.63, 3.8) is 0 Å². The number of aromatic nitrogens is 2. The first kappa shape index (κ1) is 16.8. The van der Waals surface area contributed by atoms with Crippen LogP contribution in [-0.4, -0.2) is 4.57 Å². The van der Waals surface area contributed by atoms with E-state index in [4.69, 9.17) is 0 Å². The Balaban J connectivity index is 1.86. The van der Waals surface area contributed by atoms with Crippen LogP contribution in [0.5, 0.6) is 0 Å². The van der Waals surface area contributed by atoms with Gasteiger partial charge in [0, 0.05) is 0 Å². The van der Waals surface area contributed by atoms with Crippen molar-refractivity contribution in [1.82, 2.24) is 4.57 Å². The average molecular weight is 378 g/mol. The third kappa shape index (κ3) is 1.81. The van der Waals surface area contributed by atoms with Crippen molar-refractivity contribution in [2.75, 3.05) is 0 Å². The number of rotatable bonds is 3. The number of hydrogen-bond acceptors (Lipinski definition) is 0. The van der Waals surface area contributed by atoms with E-state index in [2.05, 4.69) is 114 Å². The van der Waals surface area contributed by atoms with Gasteiger partial charge in [0.05, 0.1) is 11.0 Å². The van der Waals surface area contributed by atoms with Crippen LogP contribution in [0.1, 0.15) is 32.3 Å². The maximum absolute atomic E-state index is 2.64. The molecule has 0 amide bonds. The lowest BCUT2D eigenvalue weighted by atomic mass is 9.52. The van der Waals surface area contributed by atoms with Gasteiger partial charge < -0.3 is 0 Å². The fourth-order valence-corrected chi connectivity index (χ4v) is 6.00. The average Bonchev–Trinajstić information content (AvgIpc) is 3.11. The Kier molecular flexibility index (Phi) is 3.30. The topological polar surface area (TPSA) is 8.81 Å². The number of para-hydroxylation sites is 3. The summed E-state index contributed by atoms with van der Waals surface area (Å²) in [6.45, 7) is 4.68. The van der Waals surface area contributed by atoms with Crippen LogP contribution in [0.3, 0.4) is 0 Å². The van der Waals surface area contributed by atoms with E-state index in [0.29, 0.717) is 0 Å². The maximum Gasteiger partial charge on any atom is 0.296 e. The van der Waals surface area contributed by atoms with E-state index in [0.717, 1.165) is 12.8 Å². The minimum absolute atomic E-state index is 0.0227. The Hall–Kier alpha value is -3.13. The van der Waals surface area contributed by atoms with Gasteiger partial charge in [0.25, 0.3) is 5.82 Å². The largest absolute Gasteiger partial charge is 0.296 e. The van der Waals surface area contributed by atoms with E-state index in [1.165, 1.54) is 33.7 Å². The maximum atomic E-state index is 2.64. The summed E-state index contributed by atoms with van der Waals surface area (Å²) in [5.41, 5.74) is 6.64. The highest BCUT2D eigenvalue weighted by molar-refractivity contribution is 5.82. The number of hydrogen-bond donors (Lipinski definition) is 0. The molecule has 2 nitrogen and oxygen atoms in total. The molecule has 6 rings (SSSR count). The van der Waals surface area contributed by atoms with Crippen LogP contribution in [-0.2, 0) is 11.0 Å². The van der Waals surface area contributed by atoms with Gasteiger partial charge in [-0.05, 0) is 54.8 Å². The van der Waals surface area contributed by atoms with Crippen LogP contribution in [0.15, 0.2) is 91.0 Å². The van der Waals surface area contributed by atoms with Crippen LogP contribution >= 0.6 is 0 Å². The molecule has 0 N–H and O–H groups in total. The van der Waals surface area contributed by atoms with E-state index < -0.39 is 0 Å². The highest BCUT2D eigenvalue weighted by Gasteiger charge is 2.63. The molecule has 0 bridgehead atoms. The van der Waals surface area contributed by atoms with Crippen molar-refractivity contribution >= 4 is 11.0 Å². The van der Waals surface area contributed by atoms with Gasteiger partial charge in [0.2, 0.25) is 0 Å². The standard InChI is InChI=1S/C27H25N2/c1-3-26-18-19-27(26,4-2)29-24-17-11-10-16-23(24)28(20-12-6-5-7-13-20)25(29)21-14-8-9-15-22(21)26/h5-19H,3-4H2,1-2H3/q+1. The van der Waals surface area contributed by atoms with E-state index in [1.54, 1.807) is 0 Å². The molecule has 4 aromatic rings. The summed E-state index contributed by atoms with van der Waals surface area (Å²) in [5.74, 6) is 1.29. The second-order valence-corrected chi connectivity index (χ2v) is 8.30. The molecular weight excluding hydrogens is 352 g/mol. The van der Waals surface area contributed by atoms with Gasteiger partial charge in [-0.1, -0.05) is 68.5 Å². The number of benzene rings is 3. The summed E-state index contributed by atoms with van der Waals surface area (Å²) in [5, 5.41) is 0. The number of nitrogens with zero attached hydrogens (tertiary/aromatic N) is 2. The summed E-state index contributed by atoms with van der Waals surface area (Å²) in [7, 11) is 0. The molecule has 2 atom stereocenters. The van der Waals surface area contributed by atoms with E-state index in [9.17, 15) is 0 Å². The quantitative estimate of drug-likeness (QED) is 0.309.